The van der Waals surface area contributed by atoms with Gasteiger partial charge in [-0.15, -0.1) is 0 Å². The zero-order valence-corrected chi connectivity index (χ0v) is 12.9. The molecule has 0 spiro atoms. The van der Waals surface area contributed by atoms with Gasteiger partial charge in [0.2, 0.25) is 0 Å². The van der Waals surface area contributed by atoms with Crippen molar-refractivity contribution in [1.29, 1.82) is 0 Å². The summed E-state index contributed by atoms with van der Waals surface area (Å²) in [5.41, 5.74) is 2.84. The second kappa shape index (κ2) is 7.04. The number of rotatable bonds is 6. The molecule has 0 bridgehead atoms. The monoisotopic (exact) mass is 287 g/mol. The molecule has 1 aromatic heterocycles. The number of nitrogens with zero attached hydrogens (tertiary/aromatic N) is 2. The van der Waals surface area contributed by atoms with Gasteiger partial charge in [0, 0.05) is 17.8 Å². The van der Waals surface area contributed by atoms with Crippen LogP contribution >= 0.6 is 0 Å². The van der Waals surface area contributed by atoms with E-state index in [0.717, 1.165) is 30.0 Å². The first-order chi connectivity index (χ1) is 10.2. The van der Waals surface area contributed by atoms with E-state index < -0.39 is 0 Å². The molecule has 1 heterocycles. The number of aryl methyl sites for hydroxylation is 1. The molecule has 112 valence electrons. The maximum Gasteiger partial charge on any atom is 0.161 e. The molecule has 0 amide bonds. The van der Waals surface area contributed by atoms with E-state index in [4.69, 9.17) is 9.47 Å². The Morgan fingerprint density at radius 2 is 1.81 bits per heavy atom. The van der Waals surface area contributed by atoms with Crippen LogP contribution in [0, 0.1) is 6.92 Å². The molecule has 2 aromatic rings. The number of nitrogens with one attached hydrogen (secondary N) is 1. The van der Waals surface area contributed by atoms with Crippen LogP contribution in [0.4, 0.5) is 0 Å². The van der Waals surface area contributed by atoms with Gasteiger partial charge < -0.3 is 14.8 Å². The average Bonchev–Trinajstić information content (AvgIpc) is 2.51. The van der Waals surface area contributed by atoms with Crippen molar-refractivity contribution in [3.63, 3.8) is 0 Å². The molecular weight excluding hydrogens is 266 g/mol. The Morgan fingerprint density at radius 1 is 1.05 bits per heavy atom. The van der Waals surface area contributed by atoms with Gasteiger partial charge in [-0.2, -0.15) is 0 Å². The highest BCUT2D eigenvalue weighted by Crippen LogP contribution is 2.31. The van der Waals surface area contributed by atoms with Gasteiger partial charge in [-0.05, 0) is 37.7 Å². The summed E-state index contributed by atoms with van der Waals surface area (Å²) >= 11 is 0. The minimum absolute atomic E-state index is 0.674. The second-order valence-electron chi connectivity index (χ2n) is 4.67. The number of methoxy groups -OCH3 is 2. The van der Waals surface area contributed by atoms with Crippen LogP contribution in [0.5, 0.6) is 11.5 Å². The van der Waals surface area contributed by atoms with Crippen molar-refractivity contribution in [2.45, 2.75) is 20.4 Å². The van der Waals surface area contributed by atoms with Crippen LogP contribution in [0.1, 0.15) is 18.3 Å². The molecule has 0 aliphatic carbocycles. The number of aromatic nitrogens is 2. The van der Waals surface area contributed by atoms with E-state index in [1.807, 2.05) is 31.2 Å². The smallest absolute Gasteiger partial charge is 0.161 e. The van der Waals surface area contributed by atoms with Crippen molar-refractivity contribution >= 4 is 0 Å². The fourth-order valence-corrected chi connectivity index (χ4v) is 2.08. The molecule has 0 aliphatic rings. The van der Waals surface area contributed by atoms with Crippen LogP contribution in [0.15, 0.2) is 24.3 Å². The van der Waals surface area contributed by atoms with E-state index in [1.165, 1.54) is 0 Å². The first-order valence-corrected chi connectivity index (χ1v) is 6.95. The van der Waals surface area contributed by atoms with E-state index >= 15 is 0 Å². The minimum Gasteiger partial charge on any atom is -0.493 e. The van der Waals surface area contributed by atoms with E-state index in [2.05, 4.69) is 22.2 Å². The summed E-state index contributed by atoms with van der Waals surface area (Å²) in [6.45, 7) is 5.69. The summed E-state index contributed by atoms with van der Waals surface area (Å²) in [4.78, 5) is 9.11. The molecule has 0 aliphatic heterocycles. The summed E-state index contributed by atoms with van der Waals surface area (Å²) < 4.78 is 10.6. The second-order valence-corrected chi connectivity index (χ2v) is 4.67. The van der Waals surface area contributed by atoms with Crippen molar-refractivity contribution in [3.8, 4) is 22.9 Å². The Balaban J connectivity index is 2.39. The highest BCUT2D eigenvalue weighted by molar-refractivity contribution is 5.61. The lowest BCUT2D eigenvalue weighted by Gasteiger charge is -2.10. The molecule has 0 radical (unpaired) electrons. The Morgan fingerprint density at radius 3 is 2.48 bits per heavy atom. The van der Waals surface area contributed by atoms with Crippen LogP contribution in [-0.2, 0) is 6.54 Å². The predicted octanol–water partition coefficient (Wildman–Crippen LogP) is 2.58. The van der Waals surface area contributed by atoms with Gasteiger partial charge in [-0.1, -0.05) is 6.92 Å². The average molecular weight is 287 g/mol. The van der Waals surface area contributed by atoms with Crippen molar-refractivity contribution in [3.05, 3.63) is 35.7 Å². The standard InChI is InChI=1S/C16H21N3O2/c1-5-17-10-13-8-11(2)18-16(19-13)12-6-7-14(20-3)15(9-12)21-4/h6-9,17H,5,10H2,1-4H3. The van der Waals surface area contributed by atoms with Gasteiger partial charge in [0.15, 0.2) is 17.3 Å². The molecule has 5 heteroatoms. The summed E-state index contributed by atoms with van der Waals surface area (Å²) in [5.74, 6) is 2.07. The lowest BCUT2D eigenvalue weighted by Crippen LogP contribution is -2.13. The predicted molar refractivity (Wildman–Crippen MR) is 82.7 cm³/mol. The van der Waals surface area contributed by atoms with Gasteiger partial charge in [-0.3, -0.25) is 0 Å². The SMILES string of the molecule is CCNCc1cc(C)nc(-c2ccc(OC)c(OC)c2)n1. The summed E-state index contributed by atoms with van der Waals surface area (Å²) in [6.07, 6.45) is 0. The molecule has 1 aromatic carbocycles. The van der Waals surface area contributed by atoms with Crippen LogP contribution in [0.3, 0.4) is 0 Å². The van der Waals surface area contributed by atoms with Crippen LogP contribution < -0.4 is 14.8 Å². The third-order valence-corrected chi connectivity index (χ3v) is 3.11. The Bertz CT molecular complexity index is 614. The maximum atomic E-state index is 5.33. The van der Waals surface area contributed by atoms with Crippen molar-refractivity contribution < 1.29 is 9.47 Å². The van der Waals surface area contributed by atoms with E-state index in [9.17, 15) is 0 Å². The highest BCUT2D eigenvalue weighted by atomic mass is 16.5. The van der Waals surface area contributed by atoms with Gasteiger partial charge in [0.1, 0.15) is 0 Å². The van der Waals surface area contributed by atoms with E-state index in [0.29, 0.717) is 17.3 Å². The number of hydrogen-bond acceptors (Lipinski definition) is 5. The van der Waals surface area contributed by atoms with Gasteiger partial charge in [0.05, 0.1) is 19.9 Å². The quantitative estimate of drug-likeness (QED) is 0.885. The van der Waals surface area contributed by atoms with Crippen LogP contribution in [0.2, 0.25) is 0 Å². The topological polar surface area (TPSA) is 56.3 Å². The molecule has 0 unspecified atom stereocenters. The molecule has 2 rings (SSSR count). The maximum absolute atomic E-state index is 5.33. The van der Waals surface area contributed by atoms with E-state index in [-0.39, 0.29) is 0 Å². The largest absolute Gasteiger partial charge is 0.493 e. The molecule has 0 saturated carbocycles. The molecule has 5 nitrogen and oxygen atoms in total. The normalized spacial score (nSPS) is 10.5. The lowest BCUT2D eigenvalue weighted by atomic mass is 10.1. The summed E-state index contributed by atoms with van der Waals surface area (Å²) in [5, 5.41) is 3.28. The Labute approximate surface area is 125 Å². The molecule has 0 atom stereocenters. The molecular formula is C16H21N3O2. The first-order valence-electron chi connectivity index (χ1n) is 6.95. The molecule has 0 saturated heterocycles. The van der Waals surface area contributed by atoms with E-state index in [1.54, 1.807) is 14.2 Å². The Kier molecular flexibility index (Phi) is 5.11. The zero-order chi connectivity index (χ0) is 15.2. The van der Waals surface area contributed by atoms with Gasteiger partial charge in [-0.25, -0.2) is 9.97 Å². The number of hydrogen-bond donors (Lipinski definition) is 1. The lowest BCUT2D eigenvalue weighted by molar-refractivity contribution is 0.355. The molecule has 0 fully saturated rings. The molecule has 1 N–H and O–H groups in total. The highest BCUT2D eigenvalue weighted by Gasteiger charge is 2.09. The number of benzene rings is 1. The third-order valence-electron chi connectivity index (χ3n) is 3.11. The van der Waals surface area contributed by atoms with Gasteiger partial charge >= 0.3 is 0 Å². The Hall–Kier alpha value is -2.14. The van der Waals surface area contributed by atoms with Crippen LogP contribution in [0.25, 0.3) is 11.4 Å². The fraction of sp³-hybridized carbons (Fsp3) is 0.375. The van der Waals surface area contributed by atoms with Gasteiger partial charge in [0.25, 0.3) is 0 Å². The van der Waals surface area contributed by atoms with Crippen molar-refractivity contribution in [2.75, 3.05) is 20.8 Å². The first kappa shape index (κ1) is 15.3. The fourth-order valence-electron chi connectivity index (χ4n) is 2.08. The van der Waals surface area contributed by atoms with Crippen molar-refractivity contribution in [2.24, 2.45) is 0 Å². The zero-order valence-electron chi connectivity index (χ0n) is 12.9. The van der Waals surface area contributed by atoms with Crippen LogP contribution in [-0.4, -0.2) is 30.7 Å². The number of ether oxygens (including phenoxy) is 2. The molecule has 21 heavy (non-hydrogen) atoms. The summed E-state index contributed by atoms with van der Waals surface area (Å²) in [7, 11) is 3.24. The third kappa shape index (κ3) is 3.70. The van der Waals surface area contributed by atoms with Crippen molar-refractivity contribution in [1.82, 2.24) is 15.3 Å². The summed E-state index contributed by atoms with van der Waals surface area (Å²) in [6, 6.07) is 7.69. The minimum atomic E-state index is 0.674.